The van der Waals surface area contributed by atoms with Crippen molar-refractivity contribution >= 4 is 23.2 Å². The SMILES string of the molecule is CCOc1ccc(-c2nc(C)c(C(=O)N3CC(OC)CC3C(=O)O)s2)cc1. The Morgan fingerprint density at radius 1 is 1.33 bits per heavy atom. The summed E-state index contributed by atoms with van der Waals surface area (Å²) in [6.45, 7) is 4.55. The second kappa shape index (κ2) is 8.06. The number of carboxylic acids is 1. The summed E-state index contributed by atoms with van der Waals surface area (Å²) in [5.41, 5.74) is 1.48. The van der Waals surface area contributed by atoms with Crippen LogP contribution in [-0.4, -0.2) is 59.3 Å². The number of thiazole rings is 1. The molecule has 3 rings (SSSR count). The van der Waals surface area contributed by atoms with Crippen LogP contribution in [0.15, 0.2) is 24.3 Å². The number of hydrogen-bond acceptors (Lipinski definition) is 6. The number of nitrogens with zero attached hydrogens (tertiary/aromatic N) is 2. The van der Waals surface area contributed by atoms with Gasteiger partial charge in [0.05, 0.1) is 18.4 Å². The normalized spacial score (nSPS) is 19.3. The average molecular weight is 390 g/mol. The molecule has 1 amide bonds. The minimum absolute atomic E-state index is 0.266. The zero-order valence-electron chi connectivity index (χ0n) is 15.5. The summed E-state index contributed by atoms with van der Waals surface area (Å²) in [6.07, 6.45) is 0.0233. The predicted octanol–water partition coefficient (Wildman–Crippen LogP) is 2.83. The monoisotopic (exact) mass is 390 g/mol. The maximum Gasteiger partial charge on any atom is 0.326 e. The summed E-state index contributed by atoms with van der Waals surface area (Å²) in [5, 5.41) is 10.2. The number of carbonyl (C=O) groups is 2. The fraction of sp³-hybridized carbons (Fsp3) is 0.421. The molecule has 1 aromatic carbocycles. The summed E-state index contributed by atoms with van der Waals surface area (Å²) in [6, 6.07) is 6.64. The van der Waals surface area contributed by atoms with Gasteiger partial charge in [-0.3, -0.25) is 4.79 Å². The molecule has 0 spiro atoms. The Hall–Kier alpha value is -2.45. The number of benzene rings is 1. The van der Waals surface area contributed by atoms with Crippen LogP contribution in [0.3, 0.4) is 0 Å². The first-order chi connectivity index (χ1) is 12.9. The molecule has 1 fully saturated rings. The van der Waals surface area contributed by atoms with E-state index in [1.807, 2.05) is 31.2 Å². The molecule has 7 nitrogen and oxygen atoms in total. The van der Waals surface area contributed by atoms with Crippen molar-refractivity contribution in [2.45, 2.75) is 32.4 Å². The number of hydrogen-bond donors (Lipinski definition) is 1. The zero-order valence-corrected chi connectivity index (χ0v) is 16.3. The third kappa shape index (κ3) is 3.96. The Labute approximate surface area is 161 Å². The second-order valence-corrected chi connectivity index (χ2v) is 7.29. The Morgan fingerprint density at radius 2 is 2.04 bits per heavy atom. The van der Waals surface area contributed by atoms with E-state index in [0.717, 1.165) is 11.3 Å². The first-order valence-electron chi connectivity index (χ1n) is 8.71. The lowest BCUT2D eigenvalue weighted by Gasteiger charge is -2.20. The highest BCUT2D eigenvalue weighted by molar-refractivity contribution is 7.17. The summed E-state index contributed by atoms with van der Waals surface area (Å²) < 4.78 is 10.7. The Morgan fingerprint density at radius 3 is 2.63 bits per heavy atom. The summed E-state index contributed by atoms with van der Waals surface area (Å²) in [4.78, 5) is 30.9. The Kier molecular flexibility index (Phi) is 5.76. The minimum atomic E-state index is -1.02. The smallest absolute Gasteiger partial charge is 0.326 e. The third-order valence-electron chi connectivity index (χ3n) is 4.55. The van der Waals surface area contributed by atoms with E-state index in [4.69, 9.17) is 9.47 Å². The molecule has 2 heterocycles. The number of rotatable bonds is 6. The number of amides is 1. The molecule has 1 N–H and O–H groups in total. The summed E-state index contributed by atoms with van der Waals surface area (Å²) in [7, 11) is 1.53. The van der Waals surface area contributed by atoms with Gasteiger partial charge in [-0.05, 0) is 38.1 Å². The molecule has 0 radical (unpaired) electrons. The molecular weight excluding hydrogens is 368 g/mol. The lowest BCUT2D eigenvalue weighted by atomic mass is 10.2. The highest BCUT2D eigenvalue weighted by Crippen LogP contribution is 2.32. The summed E-state index contributed by atoms with van der Waals surface area (Å²) in [5.74, 6) is -0.552. The third-order valence-corrected chi connectivity index (χ3v) is 5.74. The number of aromatic nitrogens is 1. The zero-order chi connectivity index (χ0) is 19.6. The van der Waals surface area contributed by atoms with Gasteiger partial charge in [-0.25, -0.2) is 9.78 Å². The molecule has 27 heavy (non-hydrogen) atoms. The predicted molar refractivity (Wildman–Crippen MR) is 101 cm³/mol. The van der Waals surface area contributed by atoms with Gasteiger partial charge in [0.1, 0.15) is 21.7 Å². The molecular formula is C19H22N2O5S. The van der Waals surface area contributed by atoms with Crippen LogP contribution < -0.4 is 4.74 Å². The van der Waals surface area contributed by atoms with Gasteiger partial charge >= 0.3 is 5.97 Å². The lowest BCUT2D eigenvalue weighted by Crippen LogP contribution is -2.40. The highest BCUT2D eigenvalue weighted by atomic mass is 32.1. The van der Waals surface area contributed by atoms with Crippen LogP contribution in [0.5, 0.6) is 5.75 Å². The first kappa shape index (κ1) is 19.3. The molecule has 1 aromatic heterocycles. The standard InChI is InChI=1S/C19H22N2O5S/c1-4-26-13-7-5-12(6-8-13)17-20-11(2)16(27-17)18(22)21-10-14(25-3)9-15(21)19(23)24/h5-8,14-15H,4,9-10H2,1-3H3,(H,23,24). The molecule has 0 bridgehead atoms. The highest BCUT2D eigenvalue weighted by Gasteiger charge is 2.41. The van der Waals surface area contributed by atoms with Crippen molar-refractivity contribution in [1.82, 2.24) is 9.88 Å². The fourth-order valence-corrected chi connectivity index (χ4v) is 4.16. The number of aryl methyl sites for hydroxylation is 1. The van der Waals surface area contributed by atoms with Crippen molar-refractivity contribution in [3.8, 4) is 16.3 Å². The average Bonchev–Trinajstić information content (AvgIpc) is 3.26. The van der Waals surface area contributed by atoms with Gasteiger partial charge in [-0.15, -0.1) is 11.3 Å². The van der Waals surface area contributed by atoms with E-state index in [1.165, 1.54) is 23.3 Å². The van der Waals surface area contributed by atoms with Crippen molar-refractivity contribution in [2.75, 3.05) is 20.3 Å². The fourth-order valence-electron chi connectivity index (χ4n) is 3.14. The number of ether oxygens (including phenoxy) is 2. The van der Waals surface area contributed by atoms with Crippen molar-refractivity contribution < 1.29 is 24.2 Å². The molecule has 144 valence electrons. The van der Waals surface area contributed by atoms with Crippen LogP contribution in [0.1, 0.15) is 28.7 Å². The van der Waals surface area contributed by atoms with E-state index in [2.05, 4.69) is 4.98 Å². The molecule has 0 aliphatic carbocycles. The van der Waals surface area contributed by atoms with Crippen LogP contribution in [0.25, 0.3) is 10.6 Å². The van der Waals surface area contributed by atoms with Gasteiger partial charge in [0, 0.05) is 25.6 Å². The number of carboxylic acid groups (broad SMARTS) is 1. The molecule has 8 heteroatoms. The van der Waals surface area contributed by atoms with Crippen LogP contribution in [-0.2, 0) is 9.53 Å². The van der Waals surface area contributed by atoms with E-state index < -0.39 is 12.0 Å². The Bertz CT molecular complexity index is 833. The minimum Gasteiger partial charge on any atom is -0.494 e. The maximum absolute atomic E-state index is 13.0. The van der Waals surface area contributed by atoms with E-state index in [9.17, 15) is 14.7 Å². The van der Waals surface area contributed by atoms with Gasteiger partial charge in [0.15, 0.2) is 0 Å². The van der Waals surface area contributed by atoms with Gasteiger partial charge < -0.3 is 19.5 Å². The number of aliphatic carboxylic acids is 1. The van der Waals surface area contributed by atoms with Crippen LogP contribution >= 0.6 is 11.3 Å². The topological polar surface area (TPSA) is 89.0 Å². The molecule has 1 aliphatic heterocycles. The number of likely N-dealkylation sites (tertiary alicyclic amines) is 1. The van der Waals surface area contributed by atoms with E-state index in [0.29, 0.717) is 28.6 Å². The van der Waals surface area contributed by atoms with Crippen LogP contribution in [0, 0.1) is 6.92 Å². The molecule has 1 aliphatic rings. The number of carbonyl (C=O) groups excluding carboxylic acids is 1. The molecule has 2 unspecified atom stereocenters. The van der Waals surface area contributed by atoms with Crippen molar-refractivity contribution in [3.05, 3.63) is 34.8 Å². The van der Waals surface area contributed by atoms with Gasteiger partial charge in [0.2, 0.25) is 0 Å². The lowest BCUT2D eigenvalue weighted by molar-refractivity contribution is -0.141. The van der Waals surface area contributed by atoms with E-state index in [1.54, 1.807) is 6.92 Å². The van der Waals surface area contributed by atoms with Crippen LogP contribution in [0.2, 0.25) is 0 Å². The van der Waals surface area contributed by atoms with Crippen molar-refractivity contribution in [3.63, 3.8) is 0 Å². The largest absolute Gasteiger partial charge is 0.494 e. The van der Waals surface area contributed by atoms with Crippen LogP contribution in [0.4, 0.5) is 0 Å². The van der Waals surface area contributed by atoms with Gasteiger partial charge in [0.25, 0.3) is 5.91 Å². The summed E-state index contributed by atoms with van der Waals surface area (Å²) >= 11 is 1.27. The molecule has 0 saturated carbocycles. The number of methoxy groups -OCH3 is 1. The Balaban J connectivity index is 1.85. The van der Waals surface area contributed by atoms with E-state index in [-0.39, 0.29) is 18.6 Å². The van der Waals surface area contributed by atoms with Gasteiger partial charge in [-0.1, -0.05) is 0 Å². The van der Waals surface area contributed by atoms with Gasteiger partial charge in [-0.2, -0.15) is 0 Å². The molecule has 1 saturated heterocycles. The molecule has 2 aromatic rings. The van der Waals surface area contributed by atoms with Crippen molar-refractivity contribution in [2.24, 2.45) is 0 Å². The van der Waals surface area contributed by atoms with E-state index >= 15 is 0 Å². The van der Waals surface area contributed by atoms with Crippen molar-refractivity contribution in [1.29, 1.82) is 0 Å². The second-order valence-electron chi connectivity index (χ2n) is 6.30. The first-order valence-corrected chi connectivity index (χ1v) is 9.53. The quantitative estimate of drug-likeness (QED) is 0.816. The molecule has 2 atom stereocenters. The maximum atomic E-state index is 13.0.